The zero-order valence-electron chi connectivity index (χ0n) is 16.5. The second-order valence-electron chi connectivity index (χ2n) is 6.48. The van der Waals surface area contributed by atoms with Crippen molar-refractivity contribution in [2.24, 2.45) is 0 Å². The van der Waals surface area contributed by atoms with Gasteiger partial charge in [-0.05, 0) is 12.8 Å². The van der Waals surface area contributed by atoms with E-state index in [2.05, 4.69) is 27.2 Å². The van der Waals surface area contributed by atoms with Crippen LogP contribution >= 0.6 is 0 Å². The molecule has 1 aliphatic rings. The highest BCUT2D eigenvalue weighted by atomic mass is 16.7. The van der Waals surface area contributed by atoms with Crippen LogP contribution in [0, 0.1) is 0 Å². The topological polar surface area (TPSA) is 130 Å². The number of amides is 1. The maximum atomic E-state index is 12.8. The number of carbonyl (C=O) groups excluding carboxylic acids is 1. The van der Waals surface area contributed by atoms with Crippen molar-refractivity contribution in [3.63, 3.8) is 0 Å². The van der Waals surface area contributed by atoms with E-state index in [1.54, 1.807) is 4.90 Å². The molecule has 11 heteroatoms. The van der Waals surface area contributed by atoms with Crippen LogP contribution < -0.4 is 25.4 Å². The minimum Gasteiger partial charge on any atom is -0.466 e. The molecule has 0 spiro atoms. The number of nitrogens with zero attached hydrogens (tertiary/aromatic N) is 5. The number of nitrogens with two attached hydrogens (primary N) is 1. The first kappa shape index (κ1) is 19.9. The maximum Gasteiger partial charge on any atom is 0.435 e. The number of hydrogen-bond donors (Lipinski definition) is 2. The third-order valence-electron chi connectivity index (χ3n) is 4.58. The molecular weight excluding hydrogens is 366 g/mol. The number of piperazine rings is 1. The Balaban J connectivity index is 1.90. The van der Waals surface area contributed by atoms with Gasteiger partial charge in [-0.15, -0.1) is 0 Å². The van der Waals surface area contributed by atoms with E-state index >= 15 is 0 Å². The molecule has 1 atom stereocenters. The van der Waals surface area contributed by atoms with Gasteiger partial charge in [0, 0.05) is 25.7 Å². The quantitative estimate of drug-likeness (QED) is 0.657. The van der Waals surface area contributed by atoms with E-state index in [1.807, 2.05) is 6.92 Å². The Morgan fingerprint density at radius 2 is 2.14 bits per heavy atom. The lowest BCUT2D eigenvalue weighted by Crippen LogP contribution is -2.55. The molecule has 1 saturated heterocycles. The fourth-order valence-electron chi connectivity index (χ4n) is 3.00. The average molecular weight is 393 g/mol. The smallest absolute Gasteiger partial charge is 0.435 e. The molecule has 1 aliphatic heterocycles. The number of nitrogens with one attached hydrogen (secondary N) is 1. The third kappa shape index (κ3) is 4.03. The molecule has 2 aromatic rings. The van der Waals surface area contributed by atoms with Gasteiger partial charge in [-0.2, -0.15) is 15.0 Å². The average Bonchev–Trinajstić information content (AvgIpc) is 3.06. The number of aromatic nitrogens is 4. The predicted octanol–water partition coefficient (Wildman–Crippen LogP) is 0.828. The number of rotatable bonds is 7. The molecule has 1 fully saturated rings. The van der Waals surface area contributed by atoms with E-state index in [4.69, 9.17) is 20.0 Å². The molecule has 1 unspecified atom stereocenters. The van der Waals surface area contributed by atoms with Crippen LogP contribution in [0.4, 0.5) is 10.6 Å². The summed E-state index contributed by atoms with van der Waals surface area (Å²) in [7, 11) is 1.42. The molecule has 1 amide bonds. The normalized spacial score (nSPS) is 17.0. The summed E-state index contributed by atoms with van der Waals surface area (Å²) >= 11 is 0. The molecule has 154 valence electrons. The lowest BCUT2D eigenvalue weighted by atomic mass is 10.1. The van der Waals surface area contributed by atoms with Gasteiger partial charge >= 0.3 is 18.1 Å². The number of imidazole rings is 1. The van der Waals surface area contributed by atoms with E-state index in [0.717, 1.165) is 30.5 Å². The number of anilines is 1. The Morgan fingerprint density at radius 3 is 2.86 bits per heavy atom. The highest BCUT2D eigenvalue weighted by molar-refractivity contribution is 5.83. The maximum absolute atomic E-state index is 12.8. The highest BCUT2D eigenvalue weighted by Gasteiger charge is 2.29. The molecule has 28 heavy (non-hydrogen) atoms. The summed E-state index contributed by atoms with van der Waals surface area (Å²) in [5.74, 6) is 0.123. The van der Waals surface area contributed by atoms with Crippen molar-refractivity contribution in [2.45, 2.75) is 39.2 Å². The van der Waals surface area contributed by atoms with Crippen LogP contribution in [0.1, 0.15) is 33.1 Å². The lowest BCUT2D eigenvalue weighted by Gasteiger charge is -2.34. The molecule has 0 radical (unpaired) electrons. The number of carbonyl (C=O) groups is 1. The van der Waals surface area contributed by atoms with Crippen molar-refractivity contribution in [3.8, 4) is 12.0 Å². The SMILES string of the molecule is CCCCOc1nc(N)c2nc(OC)n(OC(=O)N3CCNCC3CC)c2n1. The predicted molar refractivity (Wildman–Crippen MR) is 102 cm³/mol. The molecule has 0 aliphatic carbocycles. The van der Waals surface area contributed by atoms with E-state index in [1.165, 1.54) is 7.11 Å². The largest absolute Gasteiger partial charge is 0.466 e. The Morgan fingerprint density at radius 1 is 1.32 bits per heavy atom. The number of nitrogen functional groups attached to an aromatic ring is 1. The van der Waals surface area contributed by atoms with Crippen LogP contribution in [-0.4, -0.2) is 70.1 Å². The molecule has 3 N–H and O–H groups in total. The lowest BCUT2D eigenvalue weighted by molar-refractivity contribution is 0.0641. The second kappa shape index (κ2) is 8.91. The van der Waals surface area contributed by atoms with Gasteiger partial charge in [0.1, 0.15) is 0 Å². The van der Waals surface area contributed by atoms with Crippen molar-refractivity contribution < 1.29 is 19.1 Å². The minimum atomic E-state index is -0.503. The summed E-state index contributed by atoms with van der Waals surface area (Å²) in [6.07, 6.45) is 2.15. The van der Waals surface area contributed by atoms with Crippen molar-refractivity contribution in [2.75, 3.05) is 39.1 Å². The monoisotopic (exact) mass is 393 g/mol. The van der Waals surface area contributed by atoms with Crippen molar-refractivity contribution in [1.29, 1.82) is 0 Å². The first-order valence-corrected chi connectivity index (χ1v) is 9.51. The number of hydrogen-bond acceptors (Lipinski definition) is 9. The van der Waals surface area contributed by atoms with Gasteiger partial charge in [-0.25, -0.2) is 4.79 Å². The number of unbranched alkanes of at least 4 members (excludes halogenated alkanes) is 1. The van der Waals surface area contributed by atoms with E-state index in [0.29, 0.717) is 19.7 Å². The molecule has 0 saturated carbocycles. The number of methoxy groups -OCH3 is 1. The van der Waals surface area contributed by atoms with Crippen molar-refractivity contribution >= 4 is 23.1 Å². The first-order valence-electron chi connectivity index (χ1n) is 9.51. The number of ether oxygens (including phenoxy) is 2. The van der Waals surface area contributed by atoms with E-state index in [9.17, 15) is 4.79 Å². The summed E-state index contributed by atoms with van der Waals surface area (Å²) in [5.41, 5.74) is 6.49. The summed E-state index contributed by atoms with van der Waals surface area (Å²) in [6, 6.07) is 0.208. The summed E-state index contributed by atoms with van der Waals surface area (Å²) < 4.78 is 11.9. The number of fused-ring (bicyclic) bond motifs is 1. The molecule has 0 aromatic carbocycles. The first-order chi connectivity index (χ1) is 13.6. The van der Waals surface area contributed by atoms with Crippen LogP contribution in [0.3, 0.4) is 0 Å². The fourth-order valence-corrected chi connectivity index (χ4v) is 3.00. The van der Waals surface area contributed by atoms with Gasteiger partial charge in [0.05, 0.1) is 13.7 Å². The molecule has 3 heterocycles. The van der Waals surface area contributed by atoms with Gasteiger partial charge in [-0.1, -0.05) is 25.0 Å². The summed E-state index contributed by atoms with van der Waals surface area (Å²) in [6.45, 7) is 6.52. The van der Waals surface area contributed by atoms with Crippen molar-refractivity contribution in [3.05, 3.63) is 0 Å². The highest BCUT2D eigenvalue weighted by Crippen LogP contribution is 2.25. The van der Waals surface area contributed by atoms with Gasteiger partial charge in [0.15, 0.2) is 11.3 Å². The zero-order chi connectivity index (χ0) is 20.1. The Bertz CT molecular complexity index is 825. The van der Waals surface area contributed by atoms with Gasteiger partial charge in [-0.3, -0.25) is 0 Å². The van der Waals surface area contributed by atoms with Gasteiger partial charge in [0.2, 0.25) is 5.65 Å². The van der Waals surface area contributed by atoms with Crippen molar-refractivity contribution in [1.82, 2.24) is 29.9 Å². The Kier molecular flexibility index (Phi) is 6.34. The van der Waals surface area contributed by atoms with Crippen LogP contribution in [0.5, 0.6) is 12.0 Å². The molecule has 11 nitrogen and oxygen atoms in total. The van der Waals surface area contributed by atoms with Gasteiger partial charge in [0.25, 0.3) is 0 Å². The minimum absolute atomic E-state index is 0.0506. The Labute approximate surface area is 163 Å². The van der Waals surface area contributed by atoms with Gasteiger partial charge < -0.3 is 30.3 Å². The van der Waals surface area contributed by atoms with Crippen LogP contribution in [0.2, 0.25) is 0 Å². The molecule has 0 bridgehead atoms. The fraction of sp³-hybridized carbons (Fsp3) is 0.647. The Hall–Kier alpha value is -2.82. The summed E-state index contributed by atoms with van der Waals surface area (Å²) in [4.78, 5) is 32.7. The summed E-state index contributed by atoms with van der Waals surface area (Å²) in [5, 5.41) is 3.27. The molecule has 3 rings (SSSR count). The third-order valence-corrected chi connectivity index (χ3v) is 4.58. The molecule has 2 aromatic heterocycles. The molecular formula is C17H27N7O4. The standard InChI is InChI=1S/C17H27N7O4/c1-4-6-9-27-15-21-13(18)12-14(22-15)24(16(20-12)26-3)28-17(25)23-8-7-19-10-11(23)5-2/h11,19H,4-10H2,1-3H3,(H2,18,21,22). The second-order valence-corrected chi connectivity index (χ2v) is 6.48. The van der Waals surface area contributed by atoms with E-state index < -0.39 is 6.09 Å². The van der Waals surface area contributed by atoms with E-state index in [-0.39, 0.29) is 35.0 Å². The van der Waals surface area contributed by atoms with Crippen LogP contribution in [-0.2, 0) is 0 Å². The van der Waals surface area contributed by atoms with Crippen LogP contribution in [0.25, 0.3) is 11.2 Å². The van der Waals surface area contributed by atoms with Crippen LogP contribution in [0.15, 0.2) is 0 Å². The zero-order valence-corrected chi connectivity index (χ0v) is 16.5.